The minimum atomic E-state index is 0.0243. The molecule has 5 heteroatoms. The lowest BCUT2D eigenvalue weighted by molar-refractivity contribution is 0.306. The van der Waals surface area contributed by atoms with Gasteiger partial charge in [-0.25, -0.2) is 0 Å². The molecular weight excluding hydrogens is 218 g/mol. The van der Waals surface area contributed by atoms with E-state index >= 15 is 0 Å². The van der Waals surface area contributed by atoms with Crippen LogP contribution in [0.3, 0.4) is 0 Å². The van der Waals surface area contributed by atoms with Crippen LogP contribution in [-0.4, -0.2) is 48.2 Å². The molecule has 17 heavy (non-hydrogen) atoms. The fraction of sp³-hybridized carbons (Fsp3) is 0.333. The summed E-state index contributed by atoms with van der Waals surface area (Å²) in [5.41, 5.74) is 1.97. The highest BCUT2D eigenvalue weighted by Crippen LogP contribution is 2.16. The molecule has 1 aliphatic rings. The summed E-state index contributed by atoms with van der Waals surface area (Å²) in [7, 11) is 0. The van der Waals surface area contributed by atoms with Crippen molar-refractivity contribution in [3.8, 4) is 0 Å². The number of nitrogens with one attached hydrogen (secondary N) is 1. The van der Waals surface area contributed by atoms with Crippen molar-refractivity contribution in [1.29, 1.82) is 0 Å². The molecule has 1 aromatic rings. The van der Waals surface area contributed by atoms with Crippen LogP contribution >= 0.6 is 0 Å². The zero-order valence-electron chi connectivity index (χ0n) is 9.43. The maximum absolute atomic E-state index is 8.78. The first-order chi connectivity index (χ1) is 8.36. The summed E-state index contributed by atoms with van der Waals surface area (Å²) in [6.45, 7) is 0.779. The molecule has 0 amide bonds. The van der Waals surface area contributed by atoms with Gasteiger partial charge in [0.1, 0.15) is 11.7 Å². The number of hydrogen-bond donors (Lipinski definition) is 3. The Morgan fingerprint density at radius 3 is 1.76 bits per heavy atom. The summed E-state index contributed by atoms with van der Waals surface area (Å²) in [4.78, 5) is 8.51. The second-order valence-corrected chi connectivity index (χ2v) is 3.58. The summed E-state index contributed by atoms with van der Waals surface area (Å²) in [5, 5.41) is 20.7. The van der Waals surface area contributed by atoms with Crippen LogP contribution in [0.15, 0.2) is 34.3 Å². The predicted molar refractivity (Wildman–Crippen MR) is 66.6 cm³/mol. The largest absolute Gasteiger partial charge is 0.394 e. The van der Waals surface area contributed by atoms with Crippen molar-refractivity contribution in [3.63, 3.8) is 0 Å². The number of aliphatic imine (C=N–C) groups is 2. The Balaban J connectivity index is 2.33. The third-order valence-electron chi connectivity index (χ3n) is 2.41. The molecule has 0 fully saturated rings. The van der Waals surface area contributed by atoms with E-state index in [1.165, 1.54) is 0 Å². The molecule has 0 spiro atoms. The molecule has 0 unspecified atom stereocenters. The molecule has 0 atom stereocenters. The first-order valence-electron chi connectivity index (χ1n) is 5.54. The SMILES string of the molecule is OCCN=C1NC(=NCCO)c2ccccc21. The number of rotatable bonds is 4. The second kappa shape index (κ2) is 5.56. The molecule has 2 rings (SSSR count). The minimum absolute atomic E-state index is 0.0243. The van der Waals surface area contributed by atoms with E-state index in [1.54, 1.807) is 0 Å². The van der Waals surface area contributed by atoms with Crippen molar-refractivity contribution in [2.24, 2.45) is 9.98 Å². The number of benzene rings is 1. The average Bonchev–Trinajstić information content (AvgIpc) is 2.72. The highest BCUT2D eigenvalue weighted by molar-refractivity contribution is 6.25. The van der Waals surface area contributed by atoms with Gasteiger partial charge < -0.3 is 15.5 Å². The van der Waals surface area contributed by atoms with Crippen LogP contribution in [0.1, 0.15) is 11.1 Å². The number of hydrogen-bond acceptors (Lipinski definition) is 4. The molecule has 0 saturated heterocycles. The normalized spacial score (nSPS) is 18.5. The van der Waals surface area contributed by atoms with E-state index in [4.69, 9.17) is 10.2 Å². The fourth-order valence-electron chi connectivity index (χ4n) is 1.72. The molecule has 90 valence electrons. The maximum Gasteiger partial charge on any atom is 0.134 e. The molecule has 1 heterocycles. The lowest BCUT2D eigenvalue weighted by Crippen LogP contribution is -2.23. The van der Waals surface area contributed by atoms with Crippen LogP contribution in [0.25, 0.3) is 0 Å². The van der Waals surface area contributed by atoms with Crippen LogP contribution in [0.5, 0.6) is 0 Å². The predicted octanol–water partition coefficient (Wildman–Crippen LogP) is -0.232. The first kappa shape index (κ1) is 11.8. The fourth-order valence-corrected chi connectivity index (χ4v) is 1.72. The smallest absolute Gasteiger partial charge is 0.134 e. The summed E-state index contributed by atoms with van der Waals surface area (Å²) < 4.78 is 0. The van der Waals surface area contributed by atoms with Crippen LogP contribution in [0.4, 0.5) is 0 Å². The van der Waals surface area contributed by atoms with E-state index in [1.807, 2.05) is 24.3 Å². The molecule has 1 aromatic carbocycles. The summed E-state index contributed by atoms with van der Waals surface area (Å²) in [6.07, 6.45) is 0. The number of amidine groups is 2. The van der Waals surface area contributed by atoms with Gasteiger partial charge in [0, 0.05) is 11.1 Å². The highest BCUT2D eigenvalue weighted by atomic mass is 16.3. The maximum atomic E-state index is 8.78. The van der Waals surface area contributed by atoms with Crippen molar-refractivity contribution in [2.75, 3.05) is 26.3 Å². The first-order valence-corrected chi connectivity index (χ1v) is 5.54. The Morgan fingerprint density at radius 2 is 1.35 bits per heavy atom. The van der Waals surface area contributed by atoms with E-state index in [0.717, 1.165) is 22.8 Å². The van der Waals surface area contributed by atoms with Gasteiger partial charge in [-0.05, 0) is 0 Å². The van der Waals surface area contributed by atoms with Gasteiger partial charge in [-0.3, -0.25) is 9.98 Å². The molecule has 0 aromatic heterocycles. The van der Waals surface area contributed by atoms with E-state index in [0.29, 0.717) is 13.1 Å². The molecule has 0 radical (unpaired) electrons. The van der Waals surface area contributed by atoms with Gasteiger partial charge in [0.2, 0.25) is 0 Å². The van der Waals surface area contributed by atoms with Gasteiger partial charge >= 0.3 is 0 Å². The van der Waals surface area contributed by atoms with Crippen molar-refractivity contribution in [3.05, 3.63) is 35.4 Å². The molecule has 0 bridgehead atoms. The quantitative estimate of drug-likeness (QED) is 0.672. The Morgan fingerprint density at radius 1 is 0.882 bits per heavy atom. The van der Waals surface area contributed by atoms with Crippen LogP contribution < -0.4 is 5.32 Å². The number of nitrogens with zero attached hydrogens (tertiary/aromatic N) is 2. The topological polar surface area (TPSA) is 77.2 Å². The lowest BCUT2D eigenvalue weighted by Gasteiger charge is -1.99. The molecule has 0 aliphatic carbocycles. The Bertz CT molecular complexity index is 414. The van der Waals surface area contributed by atoms with Crippen molar-refractivity contribution >= 4 is 11.7 Å². The third kappa shape index (κ3) is 2.51. The zero-order valence-corrected chi connectivity index (χ0v) is 9.43. The molecule has 1 aliphatic heterocycles. The van der Waals surface area contributed by atoms with E-state index in [9.17, 15) is 0 Å². The lowest BCUT2D eigenvalue weighted by atomic mass is 10.1. The van der Waals surface area contributed by atoms with Gasteiger partial charge in [-0.1, -0.05) is 24.3 Å². The van der Waals surface area contributed by atoms with E-state index < -0.39 is 0 Å². The van der Waals surface area contributed by atoms with Gasteiger partial charge in [-0.2, -0.15) is 0 Å². The van der Waals surface area contributed by atoms with Crippen LogP contribution in [-0.2, 0) is 0 Å². The summed E-state index contributed by atoms with van der Waals surface area (Å²) >= 11 is 0. The number of aliphatic hydroxyl groups excluding tert-OH is 2. The molecule has 5 nitrogen and oxygen atoms in total. The average molecular weight is 233 g/mol. The van der Waals surface area contributed by atoms with Gasteiger partial charge in [0.05, 0.1) is 26.3 Å². The number of aliphatic hydroxyl groups is 2. The zero-order chi connectivity index (χ0) is 12.1. The van der Waals surface area contributed by atoms with Gasteiger partial charge in [-0.15, -0.1) is 0 Å². The number of fused-ring (bicyclic) bond motifs is 1. The van der Waals surface area contributed by atoms with Crippen LogP contribution in [0.2, 0.25) is 0 Å². The van der Waals surface area contributed by atoms with E-state index in [2.05, 4.69) is 15.3 Å². The van der Waals surface area contributed by atoms with E-state index in [-0.39, 0.29) is 13.2 Å². The highest BCUT2D eigenvalue weighted by Gasteiger charge is 2.21. The van der Waals surface area contributed by atoms with Crippen molar-refractivity contribution in [1.82, 2.24) is 5.32 Å². The van der Waals surface area contributed by atoms with Gasteiger partial charge in [0.25, 0.3) is 0 Å². The molecule has 3 N–H and O–H groups in total. The second-order valence-electron chi connectivity index (χ2n) is 3.58. The summed E-state index contributed by atoms with van der Waals surface area (Å²) in [6, 6.07) is 7.79. The Hall–Kier alpha value is -1.72. The monoisotopic (exact) mass is 233 g/mol. The standard InChI is InChI=1S/C12H15N3O2/c16-7-5-13-11-9-3-1-2-4-10(9)12(15-11)14-6-8-17/h1-4,16-17H,5-8H2,(H,13,14,15). The van der Waals surface area contributed by atoms with Gasteiger partial charge in [0.15, 0.2) is 0 Å². The minimum Gasteiger partial charge on any atom is -0.394 e. The van der Waals surface area contributed by atoms with Crippen LogP contribution in [0, 0.1) is 0 Å². The molecule has 0 saturated carbocycles. The summed E-state index contributed by atoms with van der Waals surface area (Å²) in [5.74, 6) is 1.46. The van der Waals surface area contributed by atoms with Crippen molar-refractivity contribution in [2.45, 2.75) is 0 Å². The van der Waals surface area contributed by atoms with Crippen molar-refractivity contribution < 1.29 is 10.2 Å². The third-order valence-corrected chi connectivity index (χ3v) is 2.41. The Kier molecular flexibility index (Phi) is 3.85. The Labute approximate surface area is 99.5 Å². The molecular formula is C12H15N3O2.